The number of hydrogen-bond acceptors (Lipinski definition) is 6. The fourth-order valence-corrected chi connectivity index (χ4v) is 6.42. The van der Waals surface area contributed by atoms with Crippen molar-refractivity contribution in [3.05, 3.63) is 75.1 Å². The van der Waals surface area contributed by atoms with Crippen LogP contribution in [0.3, 0.4) is 0 Å². The van der Waals surface area contributed by atoms with Crippen molar-refractivity contribution in [2.24, 2.45) is 5.92 Å². The molecular weight excluding hydrogens is 516 g/mol. The molecule has 0 spiro atoms. The highest BCUT2D eigenvalue weighted by Gasteiger charge is 2.28. The Morgan fingerprint density at radius 2 is 1.89 bits per heavy atom. The lowest BCUT2D eigenvalue weighted by Crippen LogP contribution is -2.17. The molecule has 0 aliphatic heterocycles. The highest BCUT2D eigenvalue weighted by Crippen LogP contribution is 2.40. The molecule has 1 aliphatic carbocycles. The van der Waals surface area contributed by atoms with Crippen molar-refractivity contribution in [2.75, 3.05) is 23.5 Å². The van der Waals surface area contributed by atoms with Gasteiger partial charge in [0.15, 0.2) is 0 Å². The number of esters is 1. The van der Waals surface area contributed by atoms with Gasteiger partial charge in [0.1, 0.15) is 5.00 Å². The van der Waals surface area contributed by atoms with Gasteiger partial charge in [-0.05, 0) is 66.6 Å². The maximum Gasteiger partial charge on any atom is 0.341 e. The summed E-state index contributed by atoms with van der Waals surface area (Å²) >= 11 is 8.73. The molecule has 1 unspecified atom stereocenters. The van der Waals surface area contributed by atoms with Crippen LogP contribution in [0.2, 0.25) is 5.02 Å². The summed E-state index contributed by atoms with van der Waals surface area (Å²) in [5, 5.41) is 7.01. The summed E-state index contributed by atoms with van der Waals surface area (Å²) in [7, 11) is 1.36. The van der Waals surface area contributed by atoms with Crippen LogP contribution in [0.25, 0.3) is 0 Å². The zero-order chi connectivity index (χ0) is 25.7. The Kier molecular flexibility index (Phi) is 8.72. The molecule has 0 fully saturated rings. The van der Waals surface area contributed by atoms with Crippen molar-refractivity contribution in [1.82, 2.24) is 0 Å². The molecule has 1 aliphatic rings. The number of anilines is 2. The van der Waals surface area contributed by atoms with Gasteiger partial charge in [0.25, 0.3) is 0 Å². The van der Waals surface area contributed by atoms with Crippen LogP contribution in [0.4, 0.5) is 10.7 Å². The third kappa shape index (κ3) is 6.69. The van der Waals surface area contributed by atoms with Crippen LogP contribution < -0.4 is 10.6 Å². The first kappa shape index (κ1) is 26.3. The Balaban J connectivity index is 1.35. The second-order valence-corrected chi connectivity index (χ2v) is 11.4. The number of halogens is 1. The minimum Gasteiger partial charge on any atom is -0.465 e. The van der Waals surface area contributed by atoms with E-state index in [1.54, 1.807) is 12.1 Å². The van der Waals surface area contributed by atoms with Crippen LogP contribution in [0.5, 0.6) is 0 Å². The Morgan fingerprint density at radius 1 is 1.11 bits per heavy atom. The number of thiophene rings is 1. The van der Waals surface area contributed by atoms with Gasteiger partial charge in [0.05, 0.1) is 24.8 Å². The van der Waals surface area contributed by atoms with Crippen molar-refractivity contribution in [3.8, 4) is 0 Å². The van der Waals surface area contributed by atoms with E-state index in [9.17, 15) is 14.4 Å². The second-order valence-electron chi connectivity index (χ2n) is 8.76. The number of thioether (sulfide) groups is 1. The standard InChI is InChI=1S/C27H27ClN2O4S2/c1-16-6-11-21-22(12-16)36-26(25(21)27(33)34-2)30-24(32)15-35-20-5-3-4-19(14-20)29-23(31)13-17-7-9-18(28)10-8-17/h3-5,7-10,14,16H,6,11-13,15H2,1-2H3,(H,29,31)(H,30,32). The largest absolute Gasteiger partial charge is 0.465 e. The lowest BCUT2D eigenvalue weighted by molar-refractivity contribution is -0.115. The van der Waals surface area contributed by atoms with Crippen LogP contribution in [-0.4, -0.2) is 30.6 Å². The Morgan fingerprint density at radius 3 is 2.64 bits per heavy atom. The zero-order valence-corrected chi connectivity index (χ0v) is 22.4. The number of hydrogen-bond donors (Lipinski definition) is 2. The second kappa shape index (κ2) is 12.0. The van der Waals surface area contributed by atoms with Crippen molar-refractivity contribution in [2.45, 2.75) is 37.5 Å². The van der Waals surface area contributed by atoms with Gasteiger partial charge in [0.2, 0.25) is 11.8 Å². The summed E-state index contributed by atoms with van der Waals surface area (Å²) in [6.45, 7) is 2.20. The molecule has 0 bridgehead atoms. The third-order valence-corrected chi connectivity index (χ3v) is 8.34. The minimum absolute atomic E-state index is 0.136. The van der Waals surface area contributed by atoms with Crippen molar-refractivity contribution in [3.63, 3.8) is 0 Å². The van der Waals surface area contributed by atoms with Gasteiger partial charge in [-0.25, -0.2) is 4.79 Å². The normalized spacial score (nSPS) is 14.6. The van der Waals surface area contributed by atoms with Crippen LogP contribution in [0.15, 0.2) is 53.4 Å². The molecule has 0 saturated carbocycles. The quantitative estimate of drug-likeness (QED) is 0.260. The first-order chi connectivity index (χ1) is 17.3. The van der Waals surface area contributed by atoms with Crippen LogP contribution in [0.1, 0.15) is 39.7 Å². The average molecular weight is 543 g/mol. The van der Waals surface area contributed by atoms with Crippen LogP contribution in [-0.2, 0) is 33.6 Å². The number of rotatable bonds is 8. The molecule has 6 nitrogen and oxygen atoms in total. The highest BCUT2D eigenvalue weighted by molar-refractivity contribution is 8.00. The first-order valence-electron chi connectivity index (χ1n) is 11.6. The van der Waals surface area contributed by atoms with Gasteiger partial charge in [-0.3, -0.25) is 9.59 Å². The summed E-state index contributed by atoms with van der Waals surface area (Å²) in [5.74, 6) is -0.0221. The summed E-state index contributed by atoms with van der Waals surface area (Å²) < 4.78 is 5.00. The van der Waals surface area contributed by atoms with E-state index in [0.717, 1.165) is 40.2 Å². The summed E-state index contributed by atoms with van der Waals surface area (Å²) in [6.07, 6.45) is 2.98. The first-order valence-corrected chi connectivity index (χ1v) is 13.8. The molecule has 2 aromatic carbocycles. The summed E-state index contributed by atoms with van der Waals surface area (Å²) in [5.41, 5.74) is 3.03. The number of carbonyl (C=O) groups is 3. The van der Waals surface area contributed by atoms with Gasteiger partial charge in [0, 0.05) is 20.5 Å². The summed E-state index contributed by atoms with van der Waals surface area (Å²) in [6, 6.07) is 14.5. The fraction of sp³-hybridized carbons (Fsp3) is 0.296. The van der Waals surface area contributed by atoms with E-state index in [4.69, 9.17) is 16.3 Å². The van der Waals surface area contributed by atoms with E-state index >= 15 is 0 Å². The number of methoxy groups -OCH3 is 1. The fourth-order valence-electron chi connectivity index (χ4n) is 4.12. The summed E-state index contributed by atoms with van der Waals surface area (Å²) in [4.78, 5) is 39.6. The van der Waals surface area contributed by atoms with Crippen LogP contribution >= 0.6 is 34.7 Å². The van der Waals surface area contributed by atoms with Crippen LogP contribution in [0, 0.1) is 5.92 Å². The van der Waals surface area contributed by atoms with E-state index in [-0.39, 0.29) is 24.0 Å². The molecule has 36 heavy (non-hydrogen) atoms. The van der Waals surface area contributed by atoms with Gasteiger partial charge in [-0.1, -0.05) is 36.7 Å². The predicted octanol–water partition coefficient (Wildman–Crippen LogP) is 6.22. The predicted molar refractivity (Wildman–Crippen MR) is 146 cm³/mol. The third-order valence-electron chi connectivity index (χ3n) is 5.92. The zero-order valence-electron chi connectivity index (χ0n) is 20.1. The molecule has 1 heterocycles. The lowest BCUT2D eigenvalue weighted by atomic mass is 9.88. The van der Waals surface area contributed by atoms with Gasteiger partial charge < -0.3 is 15.4 Å². The minimum atomic E-state index is -0.410. The molecule has 2 amide bonds. The van der Waals surface area contributed by atoms with Crippen molar-refractivity contribution < 1.29 is 19.1 Å². The van der Waals surface area contributed by atoms with Gasteiger partial charge >= 0.3 is 5.97 Å². The van der Waals surface area contributed by atoms with E-state index in [1.165, 1.54) is 30.2 Å². The maximum absolute atomic E-state index is 12.8. The maximum atomic E-state index is 12.8. The van der Waals surface area contributed by atoms with E-state index < -0.39 is 5.97 Å². The number of ether oxygens (including phenoxy) is 1. The number of benzene rings is 2. The monoisotopic (exact) mass is 542 g/mol. The Hall–Kier alpha value is -2.81. The average Bonchev–Trinajstić information content (AvgIpc) is 3.20. The van der Waals surface area contributed by atoms with E-state index in [2.05, 4.69) is 17.6 Å². The molecule has 4 rings (SSSR count). The topological polar surface area (TPSA) is 84.5 Å². The molecule has 9 heteroatoms. The molecule has 3 aromatic rings. The van der Waals surface area contributed by atoms with Crippen molar-refractivity contribution >= 4 is 63.2 Å². The molecule has 2 N–H and O–H groups in total. The molecule has 0 saturated heterocycles. The molecular formula is C27H27ClN2O4S2. The SMILES string of the molecule is COC(=O)c1c(NC(=O)CSc2cccc(NC(=O)Cc3ccc(Cl)cc3)c2)sc2c1CCC(C)C2. The lowest BCUT2D eigenvalue weighted by Gasteiger charge is -2.18. The number of carbonyl (C=O) groups excluding carboxylic acids is 3. The smallest absolute Gasteiger partial charge is 0.341 e. The van der Waals surface area contributed by atoms with E-state index in [1.807, 2.05) is 36.4 Å². The van der Waals surface area contributed by atoms with E-state index in [0.29, 0.717) is 27.2 Å². The van der Waals surface area contributed by atoms with Crippen molar-refractivity contribution in [1.29, 1.82) is 0 Å². The molecule has 1 aromatic heterocycles. The molecule has 0 radical (unpaired) electrons. The molecule has 1 atom stereocenters. The Bertz CT molecular complexity index is 1270. The number of nitrogens with one attached hydrogen (secondary N) is 2. The number of amides is 2. The molecule has 188 valence electrons. The van der Waals surface area contributed by atoms with Gasteiger partial charge in [-0.2, -0.15) is 0 Å². The van der Waals surface area contributed by atoms with Gasteiger partial charge in [-0.15, -0.1) is 23.1 Å². The number of fused-ring (bicyclic) bond motifs is 1. The highest BCUT2D eigenvalue weighted by atomic mass is 35.5. The Labute approximate surface area is 223 Å².